The highest BCUT2D eigenvalue weighted by Crippen LogP contribution is 2.47. The fraction of sp³-hybridized carbons (Fsp3) is 0.480. The lowest BCUT2D eigenvalue weighted by atomic mass is 10.1. The van der Waals surface area contributed by atoms with E-state index in [1.165, 1.54) is 45.0 Å². The number of benzene rings is 4. The molecule has 0 saturated carbocycles. The van der Waals surface area contributed by atoms with Gasteiger partial charge in [0.2, 0.25) is 0 Å². The maximum Gasteiger partial charge on any atom is 0.410 e. The molecule has 0 aromatic heterocycles. The van der Waals surface area contributed by atoms with E-state index in [0.717, 1.165) is 44.0 Å². The Labute approximate surface area is 425 Å². The number of hydrogen-bond acceptors (Lipinski definition) is 12. The lowest BCUT2D eigenvalue weighted by molar-refractivity contribution is 0.0222. The smallest absolute Gasteiger partial charge is 0.410 e. The molecule has 2 fully saturated rings. The average Bonchev–Trinajstić information content (AvgIpc) is 3.28. The van der Waals surface area contributed by atoms with Crippen molar-refractivity contribution >= 4 is 65.2 Å². The molecule has 1 N–H and O–H groups in total. The minimum atomic E-state index is -4.17. The first-order chi connectivity index (χ1) is 33.0. The van der Waals surface area contributed by atoms with Crippen molar-refractivity contribution in [3.05, 3.63) is 101 Å². The Hall–Kier alpha value is -5.38. The molecule has 21 heteroatoms. The van der Waals surface area contributed by atoms with Crippen LogP contribution in [0.4, 0.5) is 35.4 Å². The summed E-state index contributed by atoms with van der Waals surface area (Å²) in [6, 6.07) is 21.2. The third kappa shape index (κ3) is 13.6. The number of hydrogen-bond donors (Lipinski definition) is 1. The van der Waals surface area contributed by atoms with Crippen LogP contribution >= 0.6 is 15.9 Å². The zero-order chi connectivity index (χ0) is 52.3. The quantitative estimate of drug-likeness (QED) is 0.202. The number of carbonyl (C=O) groups is 2. The van der Waals surface area contributed by atoms with Gasteiger partial charge in [-0.25, -0.2) is 35.2 Å². The summed E-state index contributed by atoms with van der Waals surface area (Å²) >= 11 is 3.38. The van der Waals surface area contributed by atoms with E-state index in [2.05, 4.69) is 26.1 Å². The van der Waals surface area contributed by atoms with Gasteiger partial charge >= 0.3 is 12.2 Å². The molecule has 0 unspecified atom stereocenters. The van der Waals surface area contributed by atoms with Gasteiger partial charge in [-0.2, -0.15) is 0 Å². The van der Waals surface area contributed by atoms with Crippen molar-refractivity contribution in [3.8, 4) is 11.5 Å². The third-order valence-corrected chi connectivity index (χ3v) is 15.3. The summed E-state index contributed by atoms with van der Waals surface area (Å²) in [5, 5.41) is 3.18. The minimum Gasteiger partial charge on any atom is -0.483 e. The van der Waals surface area contributed by atoms with Crippen molar-refractivity contribution in [1.29, 1.82) is 0 Å². The van der Waals surface area contributed by atoms with Crippen LogP contribution in [0.15, 0.2) is 99.2 Å². The standard InChI is InChI=1S/C25H32FN3O5S.C16H15BrFNO3S.C9H18N2O2/c1-24(2,3)34-23(30)28-15-13-27(14-16-28)19-10-8-11-20-22(19)33-25(4,5)17-29(20)35(31,32)21-12-7-6-9-18(21)26;1-16(2)10-19(13-8-5-6-11(17)15(13)22-16)23(20,21)14-9-4-3-7-12(14)18;1-9(2,3)13-8(12)11-6-4-10-5-7-11/h6-12H,13-17H2,1-5H3;3-9H,10H2,1-2H3;10H,4-7H2,1-3H3. The number of fused-ring (bicyclic) bond motifs is 2. The fourth-order valence-electron chi connectivity index (χ4n) is 7.94. The van der Waals surface area contributed by atoms with Crippen LogP contribution < -0.4 is 28.3 Å². The number of nitrogens with one attached hydrogen (secondary N) is 1. The van der Waals surface area contributed by atoms with Gasteiger partial charge in [-0.1, -0.05) is 36.4 Å². The number of sulfonamides is 2. The second-order valence-electron chi connectivity index (χ2n) is 20.5. The van der Waals surface area contributed by atoms with Gasteiger partial charge < -0.3 is 39.0 Å². The van der Waals surface area contributed by atoms with Crippen LogP contribution in [0.2, 0.25) is 0 Å². The molecule has 4 aromatic carbocycles. The molecule has 4 aromatic rings. The second kappa shape index (κ2) is 21.4. The van der Waals surface area contributed by atoms with Gasteiger partial charge in [0.1, 0.15) is 43.8 Å². The second-order valence-corrected chi connectivity index (χ2v) is 25.0. The maximum atomic E-state index is 14.5. The van der Waals surface area contributed by atoms with Crippen LogP contribution in [0.25, 0.3) is 0 Å². The summed E-state index contributed by atoms with van der Waals surface area (Å²) in [5.74, 6) is -0.709. The maximum absolute atomic E-state index is 14.5. The molecule has 16 nitrogen and oxygen atoms in total. The molecule has 8 rings (SSSR count). The Balaban J connectivity index is 0.000000195. The van der Waals surface area contributed by atoms with E-state index in [1.54, 1.807) is 67.8 Å². The summed E-state index contributed by atoms with van der Waals surface area (Å²) in [6.07, 6.45) is -0.555. The van der Waals surface area contributed by atoms with Gasteiger partial charge in [-0.3, -0.25) is 8.61 Å². The van der Waals surface area contributed by atoms with Crippen molar-refractivity contribution < 1.29 is 54.2 Å². The number of halogens is 3. The molecule has 2 amide bonds. The molecular weight excluding hydrogens is 1030 g/mol. The number of ether oxygens (including phenoxy) is 4. The first-order valence-corrected chi connectivity index (χ1v) is 26.9. The molecule has 4 heterocycles. The highest BCUT2D eigenvalue weighted by molar-refractivity contribution is 9.10. The molecule has 0 radical (unpaired) electrons. The molecule has 71 heavy (non-hydrogen) atoms. The van der Waals surface area contributed by atoms with Gasteiger partial charge in [0.15, 0.2) is 11.5 Å². The van der Waals surface area contributed by atoms with Crippen molar-refractivity contribution in [2.75, 3.05) is 79.0 Å². The summed E-state index contributed by atoms with van der Waals surface area (Å²) in [5.41, 5.74) is -1.06. The minimum absolute atomic E-state index is 0.0343. The number of carbonyl (C=O) groups excluding carboxylic acids is 2. The van der Waals surface area contributed by atoms with E-state index in [1.807, 2.05) is 47.6 Å². The number of nitrogens with zero attached hydrogens (tertiary/aromatic N) is 5. The Morgan fingerprint density at radius 3 is 1.42 bits per heavy atom. The Kier molecular flexibility index (Phi) is 16.5. The average molecular weight is 1090 g/mol. The summed E-state index contributed by atoms with van der Waals surface area (Å²) in [6.45, 7) is 23.6. The van der Waals surface area contributed by atoms with Crippen LogP contribution in [0.5, 0.6) is 11.5 Å². The largest absolute Gasteiger partial charge is 0.483 e. The van der Waals surface area contributed by atoms with Crippen molar-refractivity contribution in [2.45, 2.75) is 101 Å². The zero-order valence-electron chi connectivity index (χ0n) is 41.9. The van der Waals surface area contributed by atoms with Crippen LogP contribution in [0.3, 0.4) is 0 Å². The highest BCUT2D eigenvalue weighted by atomic mass is 79.9. The predicted molar refractivity (Wildman–Crippen MR) is 273 cm³/mol. The summed E-state index contributed by atoms with van der Waals surface area (Å²) in [4.78, 5) is 28.7. The number of para-hydroxylation sites is 2. The predicted octanol–water partition coefficient (Wildman–Crippen LogP) is 9.03. The Morgan fingerprint density at radius 1 is 0.577 bits per heavy atom. The van der Waals surface area contributed by atoms with Crippen LogP contribution in [0.1, 0.15) is 69.2 Å². The van der Waals surface area contributed by atoms with E-state index >= 15 is 0 Å². The topological polar surface area (TPSA) is 168 Å². The van der Waals surface area contributed by atoms with E-state index < -0.39 is 48.5 Å². The van der Waals surface area contributed by atoms with E-state index in [-0.39, 0.29) is 40.7 Å². The molecule has 2 saturated heterocycles. The first kappa shape index (κ1) is 54.9. The molecule has 4 aliphatic rings. The lowest BCUT2D eigenvalue weighted by Crippen LogP contribution is -2.52. The van der Waals surface area contributed by atoms with Gasteiger partial charge in [0.05, 0.1) is 34.6 Å². The van der Waals surface area contributed by atoms with E-state index in [4.69, 9.17) is 18.9 Å². The van der Waals surface area contributed by atoms with Crippen molar-refractivity contribution in [3.63, 3.8) is 0 Å². The molecule has 0 spiro atoms. The van der Waals surface area contributed by atoms with Crippen molar-refractivity contribution in [1.82, 2.24) is 15.1 Å². The molecule has 0 aliphatic carbocycles. The summed E-state index contributed by atoms with van der Waals surface area (Å²) in [7, 11) is -8.21. The normalized spacial score (nSPS) is 17.7. The van der Waals surface area contributed by atoms with Gasteiger partial charge in [0.25, 0.3) is 20.0 Å². The first-order valence-electron chi connectivity index (χ1n) is 23.3. The molecule has 4 aliphatic heterocycles. The fourth-order valence-corrected chi connectivity index (χ4v) is 11.8. The monoisotopic (exact) mass is 1090 g/mol. The molecule has 0 bridgehead atoms. The third-order valence-electron chi connectivity index (χ3n) is 11.1. The van der Waals surface area contributed by atoms with E-state index in [0.29, 0.717) is 53.5 Å². The molecule has 0 atom stereocenters. The Bertz CT molecular complexity index is 2790. The van der Waals surface area contributed by atoms with Gasteiger partial charge in [-0.15, -0.1) is 0 Å². The van der Waals surface area contributed by atoms with Crippen molar-refractivity contribution in [2.24, 2.45) is 0 Å². The van der Waals surface area contributed by atoms with Crippen LogP contribution in [-0.4, -0.2) is 127 Å². The number of amides is 2. The number of anilines is 3. The molecular formula is C50H65BrF2N6O10S2. The summed E-state index contributed by atoms with van der Waals surface area (Å²) < 4.78 is 108. The SMILES string of the molecule is CC(C)(C)OC(=O)N1CCN(c2cccc3c2OC(C)(C)CN3S(=O)(=O)c2ccccc2F)CC1.CC(C)(C)OC(=O)N1CCNCC1.CC1(C)CN(S(=O)(=O)c2ccccc2F)c2cccc(Br)c2O1. The van der Waals surface area contributed by atoms with Crippen LogP contribution in [-0.2, 0) is 29.5 Å². The number of piperazine rings is 2. The zero-order valence-corrected chi connectivity index (χ0v) is 45.1. The Morgan fingerprint density at radius 2 is 0.972 bits per heavy atom. The van der Waals surface area contributed by atoms with Crippen LogP contribution in [0, 0.1) is 11.6 Å². The molecule has 388 valence electrons. The lowest BCUT2D eigenvalue weighted by Gasteiger charge is -2.43. The number of rotatable bonds is 5. The van der Waals surface area contributed by atoms with Gasteiger partial charge in [-0.05, 0) is 134 Å². The van der Waals surface area contributed by atoms with E-state index in [9.17, 15) is 35.2 Å². The van der Waals surface area contributed by atoms with Gasteiger partial charge in [0, 0.05) is 52.4 Å². The highest BCUT2D eigenvalue weighted by Gasteiger charge is 2.43.